The molecule has 0 saturated heterocycles. The first kappa shape index (κ1) is 17.8. The Morgan fingerprint density at radius 1 is 0.962 bits per heavy atom. The van der Waals surface area contributed by atoms with E-state index >= 15 is 0 Å². The fourth-order valence-corrected chi connectivity index (χ4v) is 3.10. The zero-order valence-electron chi connectivity index (χ0n) is 14.5. The fourth-order valence-electron chi connectivity index (χ4n) is 3.10. The molecule has 1 aliphatic carbocycles. The molecule has 1 aromatic heterocycles. The van der Waals surface area contributed by atoms with Crippen molar-refractivity contribution >= 4 is 28.6 Å². The van der Waals surface area contributed by atoms with E-state index in [1.807, 2.05) is 24.3 Å². The quantitative estimate of drug-likeness (QED) is 0.728. The van der Waals surface area contributed by atoms with Gasteiger partial charge in [0, 0.05) is 11.3 Å². The molecule has 1 aromatic carbocycles. The van der Waals surface area contributed by atoms with Crippen molar-refractivity contribution < 1.29 is 14.4 Å². The molecule has 0 atom stereocenters. The molecule has 0 radical (unpaired) electrons. The van der Waals surface area contributed by atoms with Crippen LogP contribution in [-0.2, 0) is 9.59 Å². The molecule has 1 heterocycles. The van der Waals surface area contributed by atoms with E-state index in [4.69, 9.17) is 0 Å². The molecule has 136 valence electrons. The predicted molar refractivity (Wildman–Crippen MR) is 96.9 cm³/mol. The topological polar surface area (TPSA) is 100 Å². The summed E-state index contributed by atoms with van der Waals surface area (Å²) in [5, 5.41) is 3.55. The number of nitrogens with one attached hydrogen (secondary N) is 3. The number of fused-ring (bicyclic) bond motifs is 1. The van der Waals surface area contributed by atoms with Crippen LogP contribution < -0.4 is 16.2 Å². The maximum atomic E-state index is 12.1. The lowest BCUT2D eigenvalue weighted by Crippen LogP contribution is -2.47. The largest absolute Gasteiger partial charge is 0.347 e. The van der Waals surface area contributed by atoms with E-state index in [0.29, 0.717) is 5.52 Å². The average Bonchev–Trinajstić information content (AvgIpc) is 2.70. The van der Waals surface area contributed by atoms with Gasteiger partial charge in [0.1, 0.15) is 5.69 Å². The molecule has 3 N–H and O–H groups in total. The van der Waals surface area contributed by atoms with E-state index in [1.54, 1.807) is 12.1 Å². The van der Waals surface area contributed by atoms with Gasteiger partial charge >= 0.3 is 0 Å². The number of hydrazine groups is 1. The summed E-state index contributed by atoms with van der Waals surface area (Å²) in [6.45, 7) is -0.166. The number of hydrogen-bond donors (Lipinski definition) is 3. The Balaban J connectivity index is 1.45. The van der Waals surface area contributed by atoms with Crippen LogP contribution in [0.2, 0.25) is 0 Å². The van der Waals surface area contributed by atoms with E-state index in [9.17, 15) is 14.4 Å². The van der Waals surface area contributed by atoms with Crippen molar-refractivity contribution in [1.29, 1.82) is 0 Å². The van der Waals surface area contributed by atoms with E-state index in [0.717, 1.165) is 31.1 Å². The minimum atomic E-state index is -0.511. The Labute approximate surface area is 151 Å². The van der Waals surface area contributed by atoms with E-state index < -0.39 is 11.8 Å². The summed E-state index contributed by atoms with van der Waals surface area (Å²) in [5.74, 6) is -1.10. The molecule has 0 unspecified atom stereocenters. The third-order valence-electron chi connectivity index (χ3n) is 4.55. The van der Waals surface area contributed by atoms with Crippen LogP contribution in [-0.4, -0.2) is 29.3 Å². The number of para-hydroxylation sites is 1. The van der Waals surface area contributed by atoms with Gasteiger partial charge in [-0.05, 0) is 25.0 Å². The van der Waals surface area contributed by atoms with Gasteiger partial charge < -0.3 is 5.32 Å². The van der Waals surface area contributed by atoms with Crippen molar-refractivity contribution in [3.63, 3.8) is 0 Å². The second kappa shape index (κ2) is 8.42. The van der Waals surface area contributed by atoms with E-state index in [1.165, 1.54) is 6.42 Å². The van der Waals surface area contributed by atoms with Crippen LogP contribution in [0.15, 0.2) is 36.4 Å². The molecule has 0 spiro atoms. The van der Waals surface area contributed by atoms with Gasteiger partial charge in [-0.2, -0.15) is 0 Å². The van der Waals surface area contributed by atoms with Crippen LogP contribution in [0.3, 0.4) is 0 Å². The second-order valence-corrected chi connectivity index (χ2v) is 6.44. The van der Waals surface area contributed by atoms with E-state index in [2.05, 4.69) is 21.2 Å². The van der Waals surface area contributed by atoms with Crippen molar-refractivity contribution in [2.24, 2.45) is 5.92 Å². The van der Waals surface area contributed by atoms with Crippen molar-refractivity contribution in [3.8, 4) is 0 Å². The minimum absolute atomic E-state index is 0.00654. The number of benzene rings is 1. The average molecular weight is 354 g/mol. The van der Waals surface area contributed by atoms with Gasteiger partial charge in [0.2, 0.25) is 5.91 Å². The lowest BCUT2D eigenvalue weighted by atomic mass is 9.89. The Bertz CT molecular complexity index is 815. The number of rotatable bonds is 4. The molecule has 1 aliphatic rings. The van der Waals surface area contributed by atoms with Crippen LogP contribution in [0.1, 0.15) is 42.6 Å². The van der Waals surface area contributed by atoms with Crippen LogP contribution in [0.25, 0.3) is 10.9 Å². The van der Waals surface area contributed by atoms with Crippen LogP contribution >= 0.6 is 0 Å². The molecule has 0 bridgehead atoms. The van der Waals surface area contributed by atoms with Crippen molar-refractivity contribution in [3.05, 3.63) is 42.1 Å². The second-order valence-electron chi connectivity index (χ2n) is 6.44. The Hall–Kier alpha value is -2.96. The summed E-state index contributed by atoms with van der Waals surface area (Å²) in [4.78, 5) is 40.2. The Morgan fingerprint density at radius 3 is 2.54 bits per heavy atom. The first-order valence-corrected chi connectivity index (χ1v) is 8.86. The summed E-state index contributed by atoms with van der Waals surface area (Å²) in [7, 11) is 0. The number of carbonyl (C=O) groups excluding carboxylic acids is 3. The molecule has 1 saturated carbocycles. The SMILES string of the molecule is O=C(CNC(=O)C1CCCCC1)NNC(=O)c1ccc2ccccc2n1. The molecule has 0 aliphatic heterocycles. The molecule has 3 rings (SSSR count). The minimum Gasteiger partial charge on any atom is -0.347 e. The Morgan fingerprint density at radius 2 is 1.73 bits per heavy atom. The third-order valence-corrected chi connectivity index (χ3v) is 4.55. The van der Waals surface area contributed by atoms with Gasteiger partial charge in [0.15, 0.2) is 0 Å². The highest BCUT2D eigenvalue weighted by atomic mass is 16.2. The predicted octanol–water partition coefficient (Wildman–Crippen LogP) is 1.69. The number of pyridine rings is 1. The summed E-state index contributed by atoms with van der Waals surface area (Å²) in [6.07, 6.45) is 5.02. The normalized spacial score (nSPS) is 14.6. The first-order chi connectivity index (χ1) is 12.6. The fraction of sp³-hybridized carbons (Fsp3) is 0.368. The molecule has 1 fully saturated rings. The smallest absolute Gasteiger partial charge is 0.288 e. The van der Waals surface area contributed by atoms with Gasteiger partial charge in [-0.15, -0.1) is 0 Å². The lowest BCUT2D eigenvalue weighted by molar-refractivity contribution is -0.129. The highest BCUT2D eigenvalue weighted by molar-refractivity contribution is 5.96. The standard InChI is InChI=1S/C19H22N4O3/c24-17(12-20-18(25)14-7-2-1-3-8-14)22-23-19(26)16-11-10-13-6-4-5-9-15(13)21-16/h4-6,9-11,14H,1-3,7-8,12H2,(H,20,25)(H,22,24)(H,23,26). The number of amides is 3. The van der Waals surface area contributed by atoms with Gasteiger partial charge in [0.25, 0.3) is 11.8 Å². The molecule has 26 heavy (non-hydrogen) atoms. The summed E-state index contributed by atoms with van der Waals surface area (Å²) >= 11 is 0. The summed E-state index contributed by atoms with van der Waals surface area (Å²) in [6, 6.07) is 10.8. The van der Waals surface area contributed by atoms with Crippen molar-refractivity contribution in [2.75, 3.05) is 6.54 Å². The van der Waals surface area contributed by atoms with Gasteiger partial charge in [0.05, 0.1) is 12.1 Å². The monoisotopic (exact) mass is 354 g/mol. The van der Waals surface area contributed by atoms with E-state index in [-0.39, 0.29) is 24.1 Å². The van der Waals surface area contributed by atoms with Crippen LogP contribution in [0.5, 0.6) is 0 Å². The highest BCUT2D eigenvalue weighted by Crippen LogP contribution is 2.23. The maximum absolute atomic E-state index is 12.1. The first-order valence-electron chi connectivity index (χ1n) is 8.86. The zero-order chi connectivity index (χ0) is 18.4. The molecular formula is C19H22N4O3. The molecule has 2 aromatic rings. The number of nitrogens with zero attached hydrogens (tertiary/aromatic N) is 1. The molecule has 3 amide bonds. The summed E-state index contributed by atoms with van der Waals surface area (Å²) < 4.78 is 0. The summed E-state index contributed by atoms with van der Waals surface area (Å²) in [5.41, 5.74) is 5.51. The van der Waals surface area contributed by atoms with Gasteiger partial charge in [-0.3, -0.25) is 25.2 Å². The number of hydrogen-bond acceptors (Lipinski definition) is 4. The van der Waals surface area contributed by atoms with Gasteiger partial charge in [-0.1, -0.05) is 43.5 Å². The van der Waals surface area contributed by atoms with Crippen molar-refractivity contribution in [1.82, 2.24) is 21.2 Å². The van der Waals surface area contributed by atoms with Gasteiger partial charge in [-0.25, -0.2) is 4.98 Å². The molecule has 7 heteroatoms. The van der Waals surface area contributed by atoms with Crippen LogP contribution in [0, 0.1) is 5.92 Å². The molecular weight excluding hydrogens is 332 g/mol. The maximum Gasteiger partial charge on any atom is 0.288 e. The lowest BCUT2D eigenvalue weighted by Gasteiger charge is -2.20. The van der Waals surface area contributed by atoms with Crippen LogP contribution in [0.4, 0.5) is 0 Å². The van der Waals surface area contributed by atoms with Crippen molar-refractivity contribution in [2.45, 2.75) is 32.1 Å². The highest BCUT2D eigenvalue weighted by Gasteiger charge is 2.21. The Kier molecular flexibility index (Phi) is 5.78. The number of aromatic nitrogens is 1. The number of carbonyl (C=O) groups is 3. The zero-order valence-corrected chi connectivity index (χ0v) is 14.5. The molecule has 7 nitrogen and oxygen atoms in total. The third kappa shape index (κ3) is 4.56.